The lowest BCUT2D eigenvalue weighted by Gasteiger charge is -2.71. The highest BCUT2D eigenvalue weighted by Crippen LogP contribution is 2.76. The van der Waals surface area contributed by atoms with Crippen molar-refractivity contribution in [2.24, 2.45) is 50.2 Å². The lowest BCUT2D eigenvalue weighted by molar-refractivity contribution is -0.381. The van der Waals surface area contributed by atoms with Crippen LogP contribution in [0.1, 0.15) is 120 Å². The van der Waals surface area contributed by atoms with Crippen molar-refractivity contribution in [3.05, 3.63) is 11.6 Å². The Morgan fingerprint density at radius 1 is 0.500 bits per heavy atom. The van der Waals surface area contributed by atoms with Gasteiger partial charge in [0.05, 0.1) is 56.8 Å². The van der Waals surface area contributed by atoms with Crippen molar-refractivity contribution in [3.8, 4) is 0 Å². The van der Waals surface area contributed by atoms with Crippen LogP contribution in [0.25, 0.3) is 0 Å². The molecule has 31 nitrogen and oxygen atoms in total. The molecule has 6 aliphatic heterocycles. The molecule has 0 aromatic carbocycles. The van der Waals surface area contributed by atoms with Crippen molar-refractivity contribution in [2.45, 2.75) is 304 Å². The second-order valence-corrected chi connectivity index (χ2v) is 31.3. The van der Waals surface area contributed by atoms with E-state index in [0.29, 0.717) is 64.2 Å². The van der Waals surface area contributed by atoms with Crippen LogP contribution in [0.3, 0.4) is 0 Å². The van der Waals surface area contributed by atoms with Gasteiger partial charge >= 0.3 is 5.97 Å². The minimum Gasteiger partial charge on any atom is -0.432 e. The largest absolute Gasteiger partial charge is 0.432 e. The SMILES string of the molecule is C[C@@H]1O[C@@H](O[C@@H]2[C@H](O)[C@@H](O)[C@H](OC[C@H]3O[C@@H](OC(=O)[C@]45CCC(C)(C)C[C@H]4C4=CC[C@@H]6[C@@]7(C)CC[C@H](O[C@@H]8OC[C@H](O[C@H]9O[C@H](CO)[C@@H](O)[C@H](O)[C@H]9O)[C@H](O)[C@H]8O[C@H]8O[C@@H](C)[C@H](O)[C@@H](O)[C@H]8O)[C@@](C)(CO)[C@@H]7CC[C@@]6(C)[C@]4(C)CC5)[C@H](O)[C@@H](O)[C@@H]3O)O[C@@H]2CO)[C@H](O)[C@H](O)[C@H]1O. The van der Waals surface area contributed by atoms with Crippen LogP contribution < -0.4 is 0 Å². The van der Waals surface area contributed by atoms with Gasteiger partial charge in [0.1, 0.15) is 128 Å². The van der Waals surface area contributed by atoms with Gasteiger partial charge in [-0.15, -0.1) is 0 Å². The maximum absolute atomic E-state index is 15.3. The van der Waals surface area contributed by atoms with E-state index in [9.17, 15) is 91.9 Å². The number of hydrogen-bond acceptors (Lipinski definition) is 31. The van der Waals surface area contributed by atoms with E-state index < -0.39 is 238 Å². The Kier molecular flexibility index (Phi) is 22.1. The number of hydrogen-bond donors (Lipinski definition) is 18. The fourth-order valence-corrected chi connectivity index (χ4v) is 19.0. The number of aliphatic hydroxyl groups is 18. The van der Waals surface area contributed by atoms with E-state index >= 15 is 4.79 Å². The van der Waals surface area contributed by atoms with Crippen LogP contribution in [0.4, 0.5) is 0 Å². The molecule has 18 N–H and O–H groups in total. The van der Waals surface area contributed by atoms with Crippen molar-refractivity contribution in [1.29, 1.82) is 0 Å². The highest BCUT2D eigenvalue weighted by molar-refractivity contribution is 5.79. The molecule has 5 aliphatic carbocycles. The highest BCUT2D eigenvalue weighted by atomic mass is 16.8. The zero-order chi connectivity index (χ0) is 70.0. The summed E-state index contributed by atoms with van der Waals surface area (Å²) in [7, 11) is 0. The summed E-state index contributed by atoms with van der Waals surface area (Å²) in [6, 6.07) is 0. The van der Waals surface area contributed by atoms with Crippen LogP contribution in [0.15, 0.2) is 11.6 Å². The summed E-state index contributed by atoms with van der Waals surface area (Å²) >= 11 is 0. The van der Waals surface area contributed by atoms with Gasteiger partial charge in [-0.25, -0.2) is 0 Å². The fourth-order valence-electron chi connectivity index (χ4n) is 19.0. The Balaban J connectivity index is 0.787. The van der Waals surface area contributed by atoms with Crippen molar-refractivity contribution in [3.63, 3.8) is 0 Å². The maximum Gasteiger partial charge on any atom is 0.315 e. The number of allylic oxidation sites excluding steroid dienone is 2. The van der Waals surface area contributed by atoms with Crippen LogP contribution in [-0.2, 0) is 61.6 Å². The molecule has 96 heavy (non-hydrogen) atoms. The number of fused-ring (bicyclic) bond motifs is 7. The van der Waals surface area contributed by atoms with Crippen molar-refractivity contribution >= 4 is 5.97 Å². The monoisotopic (exact) mass is 1380 g/mol. The predicted molar refractivity (Wildman–Crippen MR) is 321 cm³/mol. The van der Waals surface area contributed by atoms with Gasteiger partial charge in [-0.05, 0) is 117 Å². The second-order valence-electron chi connectivity index (χ2n) is 31.3. The van der Waals surface area contributed by atoms with Crippen LogP contribution in [-0.4, -0.2) is 315 Å². The van der Waals surface area contributed by atoms with E-state index in [4.69, 9.17) is 56.8 Å². The first kappa shape index (κ1) is 75.2. The third-order valence-electron chi connectivity index (χ3n) is 25.3. The molecule has 0 bridgehead atoms. The molecule has 6 saturated heterocycles. The number of ether oxygens (including phenoxy) is 12. The molecule has 4 saturated carbocycles. The first-order valence-corrected chi connectivity index (χ1v) is 34.1. The van der Waals surface area contributed by atoms with Gasteiger partial charge in [0.15, 0.2) is 31.5 Å². The van der Waals surface area contributed by atoms with Crippen LogP contribution in [0, 0.1) is 50.2 Å². The number of carbonyl (C=O) groups excluding carboxylic acids is 1. The summed E-state index contributed by atoms with van der Waals surface area (Å²) in [5.74, 6) is -1.11. The summed E-state index contributed by atoms with van der Waals surface area (Å²) in [5, 5.41) is 196. The van der Waals surface area contributed by atoms with Crippen molar-refractivity contribution in [2.75, 3.05) is 33.0 Å². The molecule has 0 amide bonds. The predicted octanol–water partition coefficient (Wildman–Crippen LogP) is -4.72. The Bertz CT molecular complexity index is 2690. The molecule has 38 atom stereocenters. The van der Waals surface area contributed by atoms with E-state index in [1.165, 1.54) is 13.8 Å². The quantitative estimate of drug-likeness (QED) is 0.0392. The number of aliphatic hydroxyl groups excluding tert-OH is 18. The van der Waals surface area contributed by atoms with Crippen molar-refractivity contribution in [1.82, 2.24) is 0 Å². The minimum atomic E-state index is -1.93. The average molecular weight is 1380 g/mol. The molecule has 6 heterocycles. The molecule has 0 aromatic rings. The van der Waals surface area contributed by atoms with Crippen LogP contribution in [0.5, 0.6) is 0 Å². The highest BCUT2D eigenvalue weighted by Gasteiger charge is 2.71. The molecule has 0 radical (unpaired) electrons. The molecule has 0 spiro atoms. The second kappa shape index (κ2) is 28.3. The summed E-state index contributed by atoms with van der Waals surface area (Å²) in [5.41, 5.74) is -2.40. The number of rotatable bonds is 16. The molecular formula is C65H106O31. The minimum absolute atomic E-state index is 0.0451. The normalized spacial score (nSPS) is 55.1. The van der Waals surface area contributed by atoms with E-state index in [2.05, 4.69) is 40.7 Å². The van der Waals surface area contributed by atoms with Gasteiger partial charge in [-0.2, -0.15) is 0 Å². The molecule has 11 rings (SSSR count). The van der Waals surface area contributed by atoms with Gasteiger partial charge in [-0.3, -0.25) is 4.79 Å². The average Bonchev–Trinajstić information content (AvgIpc) is 0.675. The first-order chi connectivity index (χ1) is 45.1. The van der Waals surface area contributed by atoms with Crippen molar-refractivity contribution < 1.29 is 154 Å². The van der Waals surface area contributed by atoms with Gasteiger partial charge < -0.3 is 149 Å². The molecule has 10 fully saturated rings. The third-order valence-corrected chi connectivity index (χ3v) is 25.3. The van der Waals surface area contributed by atoms with E-state index in [0.717, 1.165) is 5.57 Å². The lowest BCUT2D eigenvalue weighted by Crippen LogP contribution is -2.67. The summed E-state index contributed by atoms with van der Waals surface area (Å²) in [4.78, 5) is 15.3. The first-order valence-electron chi connectivity index (χ1n) is 34.1. The maximum atomic E-state index is 15.3. The molecule has 31 heteroatoms. The van der Waals surface area contributed by atoms with Gasteiger partial charge in [0.25, 0.3) is 0 Å². The van der Waals surface area contributed by atoms with Crippen LogP contribution in [0.2, 0.25) is 0 Å². The number of esters is 1. The number of carbonyl (C=O) groups is 1. The third kappa shape index (κ3) is 12.8. The molecular weight excluding hydrogens is 1280 g/mol. The van der Waals surface area contributed by atoms with E-state index in [-0.39, 0.29) is 35.2 Å². The molecule has 0 aromatic heterocycles. The topological polar surface area (TPSA) is 492 Å². The molecule has 0 unspecified atom stereocenters. The zero-order valence-corrected chi connectivity index (χ0v) is 55.6. The van der Waals surface area contributed by atoms with Gasteiger partial charge in [0, 0.05) is 5.41 Å². The van der Waals surface area contributed by atoms with Crippen LogP contribution >= 0.6 is 0 Å². The molecule has 11 aliphatic rings. The Labute approximate surface area is 556 Å². The zero-order valence-electron chi connectivity index (χ0n) is 55.6. The van der Waals surface area contributed by atoms with Gasteiger partial charge in [-0.1, -0.05) is 53.2 Å². The standard InChI is InChI=1S/C65H106O31/c1-25-36(69)41(74)46(79)54(87-25)94-51-30(21-67)90-53(50(83)45(51)78)85-22-31-39(72)44(77)49(82)57(91-31)96-59(84)65-17-15-60(3,4)19-28(65)27-9-10-34-61(5)13-12-35(62(6,24-68)33(61)11-14-64(34,8)63(27,7)16-18-65)93-58-52(95-55-47(80)42(75)37(70)26(2)88-55)40(73)32(23-86-58)92-56-48(81)43(76)38(71)29(20-66)89-56/h9,25-26,28-58,66-83H,10-24H2,1-8H3/t25-,26-,28-,29+,30+,31+,32-,33+,34+,35-,36-,37-,38+,39+,40-,41+,42+,43-,44-,45+,46+,47+,48+,49+,50+,51-,52+,53+,54-,55+,56+,57-,58-,61-,62-,63+,64+,65-/m0/s1. The summed E-state index contributed by atoms with van der Waals surface area (Å²) in [6.45, 7) is 13.1. The summed E-state index contributed by atoms with van der Waals surface area (Å²) < 4.78 is 71.8. The van der Waals surface area contributed by atoms with E-state index in [1.807, 2.05) is 6.92 Å². The Morgan fingerprint density at radius 2 is 1.03 bits per heavy atom. The lowest BCUT2D eigenvalue weighted by atomic mass is 9.33. The summed E-state index contributed by atoms with van der Waals surface area (Å²) in [6.07, 6.45) is -40.2. The Hall–Kier alpha value is -1.95. The van der Waals surface area contributed by atoms with E-state index in [1.54, 1.807) is 0 Å². The van der Waals surface area contributed by atoms with Gasteiger partial charge in [0.2, 0.25) is 6.29 Å². The molecule has 552 valence electrons. The Morgan fingerprint density at radius 3 is 1.64 bits per heavy atom. The fraction of sp³-hybridized carbons (Fsp3) is 0.954. The smallest absolute Gasteiger partial charge is 0.315 e.